The molecule has 0 fully saturated rings. The quantitative estimate of drug-likeness (QED) is 0.610. The van der Waals surface area contributed by atoms with Crippen LogP contribution in [0.5, 0.6) is 0 Å². The number of unbranched alkanes of at least 4 members (excludes halogenated alkanes) is 1. The minimum Gasteiger partial charge on any atom is -0.397 e. The summed E-state index contributed by atoms with van der Waals surface area (Å²) in [5, 5.41) is 3.17. The molecule has 0 aliphatic heterocycles. The number of halogens is 2. The van der Waals surface area contributed by atoms with Crippen LogP contribution in [0.3, 0.4) is 0 Å². The second kappa shape index (κ2) is 6.67. The minimum absolute atomic E-state index is 0.0562. The van der Waals surface area contributed by atoms with Gasteiger partial charge in [0.1, 0.15) is 5.82 Å². The fourth-order valence-electron chi connectivity index (χ4n) is 1.49. The average Bonchev–Trinajstić information content (AvgIpc) is 2.24. The third kappa shape index (κ3) is 4.79. The smallest absolute Gasteiger partial charge is 0.143 e. The van der Waals surface area contributed by atoms with Crippen molar-refractivity contribution in [2.24, 2.45) is 0 Å². The Bertz CT molecular complexity index is 369. The first-order valence-electron chi connectivity index (χ1n) is 5.64. The summed E-state index contributed by atoms with van der Waals surface area (Å²) in [5.41, 5.74) is 6.82. The van der Waals surface area contributed by atoms with Crippen LogP contribution in [0.2, 0.25) is 5.02 Å². The van der Waals surface area contributed by atoms with Gasteiger partial charge in [-0.2, -0.15) is 0 Å². The van der Waals surface area contributed by atoms with Gasteiger partial charge in [0.05, 0.1) is 16.4 Å². The van der Waals surface area contributed by atoms with E-state index in [0.717, 1.165) is 25.9 Å². The summed E-state index contributed by atoms with van der Waals surface area (Å²) in [6, 6.07) is 2.77. The number of nitrogen functional groups attached to an aromatic ring is 1. The SMILES string of the molecule is CN(C)CCCCNc1cc(F)c(Cl)cc1N. The summed E-state index contributed by atoms with van der Waals surface area (Å²) in [5.74, 6) is -0.448. The Morgan fingerprint density at radius 2 is 2.06 bits per heavy atom. The first kappa shape index (κ1) is 14.1. The van der Waals surface area contributed by atoms with E-state index in [9.17, 15) is 4.39 Å². The molecule has 96 valence electrons. The number of hydrogen-bond donors (Lipinski definition) is 2. The molecule has 1 aromatic rings. The maximum absolute atomic E-state index is 13.2. The lowest BCUT2D eigenvalue weighted by Crippen LogP contribution is -2.14. The van der Waals surface area contributed by atoms with E-state index in [0.29, 0.717) is 11.4 Å². The van der Waals surface area contributed by atoms with Gasteiger partial charge in [-0.15, -0.1) is 0 Å². The van der Waals surface area contributed by atoms with E-state index in [4.69, 9.17) is 17.3 Å². The number of nitrogens with zero attached hydrogens (tertiary/aromatic N) is 1. The van der Waals surface area contributed by atoms with E-state index >= 15 is 0 Å². The third-order valence-electron chi connectivity index (χ3n) is 2.44. The molecule has 0 aliphatic carbocycles. The highest BCUT2D eigenvalue weighted by Gasteiger charge is 2.05. The molecule has 0 heterocycles. The molecular formula is C12H19ClFN3. The molecule has 0 bridgehead atoms. The van der Waals surface area contributed by atoms with E-state index in [1.54, 1.807) is 0 Å². The number of anilines is 2. The molecule has 0 unspecified atom stereocenters. The number of nitrogens with one attached hydrogen (secondary N) is 1. The Balaban J connectivity index is 2.39. The highest BCUT2D eigenvalue weighted by molar-refractivity contribution is 6.31. The van der Waals surface area contributed by atoms with Gasteiger partial charge >= 0.3 is 0 Å². The van der Waals surface area contributed by atoms with Crippen LogP contribution in [0.1, 0.15) is 12.8 Å². The molecule has 0 spiro atoms. The average molecular weight is 260 g/mol. The predicted molar refractivity (Wildman–Crippen MR) is 72.1 cm³/mol. The van der Waals surface area contributed by atoms with Crippen LogP contribution in [0.25, 0.3) is 0 Å². The van der Waals surface area contributed by atoms with Crippen molar-refractivity contribution in [2.45, 2.75) is 12.8 Å². The van der Waals surface area contributed by atoms with Crippen LogP contribution in [0.15, 0.2) is 12.1 Å². The van der Waals surface area contributed by atoms with Crippen molar-refractivity contribution in [3.8, 4) is 0 Å². The number of hydrogen-bond acceptors (Lipinski definition) is 3. The van der Waals surface area contributed by atoms with Crippen LogP contribution in [0.4, 0.5) is 15.8 Å². The molecule has 5 heteroatoms. The molecule has 0 radical (unpaired) electrons. The minimum atomic E-state index is -0.448. The van der Waals surface area contributed by atoms with Crippen molar-refractivity contribution in [1.29, 1.82) is 0 Å². The lowest BCUT2D eigenvalue weighted by molar-refractivity contribution is 0.396. The Kier molecular flexibility index (Phi) is 5.51. The Hall–Kier alpha value is -1.00. The number of benzene rings is 1. The molecule has 1 rings (SSSR count). The van der Waals surface area contributed by atoms with Gasteiger partial charge in [0.2, 0.25) is 0 Å². The van der Waals surface area contributed by atoms with E-state index < -0.39 is 5.82 Å². The molecule has 0 atom stereocenters. The van der Waals surface area contributed by atoms with Gasteiger partial charge in [0.25, 0.3) is 0 Å². The summed E-state index contributed by atoms with van der Waals surface area (Å²) in [6.45, 7) is 1.82. The number of rotatable bonds is 6. The lowest BCUT2D eigenvalue weighted by Gasteiger charge is -2.12. The van der Waals surface area contributed by atoms with Crippen molar-refractivity contribution < 1.29 is 4.39 Å². The molecule has 0 saturated heterocycles. The van der Waals surface area contributed by atoms with E-state index in [1.165, 1.54) is 12.1 Å². The number of nitrogens with two attached hydrogens (primary N) is 1. The van der Waals surface area contributed by atoms with Gasteiger partial charge in [0.15, 0.2) is 0 Å². The third-order valence-corrected chi connectivity index (χ3v) is 2.73. The van der Waals surface area contributed by atoms with Crippen LogP contribution in [-0.4, -0.2) is 32.1 Å². The topological polar surface area (TPSA) is 41.3 Å². The largest absolute Gasteiger partial charge is 0.397 e. The molecule has 0 saturated carbocycles. The molecule has 3 nitrogen and oxygen atoms in total. The van der Waals surface area contributed by atoms with Crippen LogP contribution >= 0.6 is 11.6 Å². The maximum Gasteiger partial charge on any atom is 0.143 e. The molecular weight excluding hydrogens is 241 g/mol. The first-order valence-corrected chi connectivity index (χ1v) is 6.01. The van der Waals surface area contributed by atoms with Crippen LogP contribution < -0.4 is 11.1 Å². The monoisotopic (exact) mass is 259 g/mol. The van der Waals surface area contributed by atoms with Crippen molar-refractivity contribution in [1.82, 2.24) is 4.90 Å². The van der Waals surface area contributed by atoms with Crippen molar-refractivity contribution in [2.75, 3.05) is 38.2 Å². The molecule has 1 aromatic carbocycles. The normalized spacial score (nSPS) is 10.9. The summed E-state index contributed by atoms with van der Waals surface area (Å²) in [7, 11) is 4.08. The van der Waals surface area contributed by atoms with Gasteiger partial charge < -0.3 is 16.0 Å². The summed E-state index contributed by atoms with van der Waals surface area (Å²) in [6.07, 6.45) is 2.11. The van der Waals surface area contributed by atoms with E-state index in [-0.39, 0.29) is 5.02 Å². The van der Waals surface area contributed by atoms with Gasteiger partial charge in [0, 0.05) is 12.6 Å². The Morgan fingerprint density at radius 1 is 1.35 bits per heavy atom. The summed E-state index contributed by atoms with van der Waals surface area (Å²) < 4.78 is 13.2. The summed E-state index contributed by atoms with van der Waals surface area (Å²) in [4.78, 5) is 2.14. The highest BCUT2D eigenvalue weighted by atomic mass is 35.5. The maximum atomic E-state index is 13.2. The zero-order valence-electron chi connectivity index (χ0n) is 10.3. The zero-order chi connectivity index (χ0) is 12.8. The van der Waals surface area contributed by atoms with Crippen molar-refractivity contribution in [3.63, 3.8) is 0 Å². The van der Waals surface area contributed by atoms with Gasteiger partial charge in [-0.05, 0) is 39.5 Å². The molecule has 0 aromatic heterocycles. The fraction of sp³-hybridized carbons (Fsp3) is 0.500. The Morgan fingerprint density at radius 3 is 2.71 bits per heavy atom. The van der Waals surface area contributed by atoms with Crippen molar-refractivity contribution >= 4 is 23.0 Å². The zero-order valence-corrected chi connectivity index (χ0v) is 11.0. The molecule has 0 aliphatic rings. The van der Waals surface area contributed by atoms with E-state index in [1.807, 2.05) is 14.1 Å². The lowest BCUT2D eigenvalue weighted by atomic mass is 10.2. The first-order chi connectivity index (χ1) is 8.00. The predicted octanol–water partition coefficient (Wildman–Crippen LogP) is 2.82. The van der Waals surface area contributed by atoms with Gasteiger partial charge in [-0.3, -0.25) is 0 Å². The molecule has 3 N–H and O–H groups in total. The van der Waals surface area contributed by atoms with Gasteiger partial charge in [-0.25, -0.2) is 4.39 Å². The molecule has 0 amide bonds. The second-order valence-electron chi connectivity index (χ2n) is 4.29. The van der Waals surface area contributed by atoms with Crippen molar-refractivity contribution in [3.05, 3.63) is 23.0 Å². The second-order valence-corrected chi connectivity index (χ2v) is 4.70. The summed E-state index contributed by atoms with van der Waals surface area (Å²) >= 11 is 5.62. The van der Waals surface area contributed by atoms with Crippen LogP contribution in [0, 0.1) is 5.82 Å². The van der Waals surface area contributed by atoms with Gasteiger partial charge in [-0.1, -0.05) is 11.6 Å². The Labute approximate surface area is 107 Å². The highest BCUT2D eigenvalue weighted by Crippen LogP contribution is 2.25. The van der Waals surface area contributed by atoms with Crippen LogP contribution in [-0.2, 0) is 0 Å². The standard InChI is InChI=1S/C12H19ClFN3/c1-17(2)6-4-3-5-16-12-8-10(14)9(13)7-11(12)15/h7-8,16H,3-6,15H2,1-2H3. The molecule has 17 heavy (non-hydrogen) atoms. The fourth-order valence-corrected chi connectivity index (χ4v) is 1.66. The van der Waals surface area contributed by atoms with E-state index in [2.05, 4.69) is 10.2 Å².